The van der Waals surface area contributed by atoms with Crippen molar-refractivity contribution in [2.75, 3.05) is 13.7 Å². The Morgan fingerprint density at radius 3 is 2.52 bits per heavy atom. The van der Waals surface area contributed by atoms with Gasteiger partial charge in [-0.1, -0.05) is 18.2 Å². The zero-order valence-electron chi connectivity index (χ0n) is 13.2. The van der Waals surface area contributed by atoms with Crippen molar-refractivity contribution in [2.45, 2.75) is 25.7 Å². The van der Waals surface area contributed by atoms with Crippen molar-refractivity contribution in [3.8, 4) is 17.2 Å². The van der Waals surface area contributed by atoms with E-state index in [0.717, 1.165) is 12.8 Å². The lowest BCUT2D eigenvalue weighted by atomic mass is 9.92. The number of aryl methyl sites for hydroxylation is 2. The Hall–Kier alpha value is -2.49. The summed E-state index contributed by atoms with van der Waals surface area (Å²) in [7, 11) is 1.56. The highest BCUT2D eigenvalue weighted by Gasteiger charge is 2.13. The molecule has 120 valence electrons. The molecule has 0 heterocycles. The molecule has 3 rings (SSSR count). The van der Waals surface area contributed by atoms with Crippen LogP contribution >= 0.6 is 0 Å². The monoisotopic (exact) mass is 312 g/mol. The van der Waals surface area contributed by atoms with Gasteiger partial charge >= 0.3 is 5.97 Å². The highest BCUT2D eigenvalue weighted by atomic mass is 16.6. The number of benzene rings is 2. The number of esters is 1. The van der Waals surface area contributed by atoms with Gasteiger partial charge < -0.3 is 14.2 Å². The molecule has 23 heavy (non-hydrogen) atoms. The van der Waals surface area contributed by atoms with Gasteiger partial charge in [-0.15, -0.1) is 0 Å². The van der Waals surface area contributed by atoms with Gasteiger partial charge in [-0.25, -0.2) is 4.79 Å². The second-order valence-electron chi connectivity index (χ2n) is 5.55. The largest absolute Gasteiger partial charge is 0.493 e. The molecule has 2 aromatic rings. The highest BCUT2D eigenvalue weighted by molar-refractivity contribution is 5.74. The molecule has 0 fully saturated rings. The van der Waals surface area contributed by atoms with E-state index in [1.807, 2.05) is 24.3 Å². The summed E-state index contributed by atoms with van der Waals surface area (Å²) in [6, 6.07) is 13.1. The molecule has 0 atom stereocenters. The predicted octanol–water partition coefficient (Wildman–Crippen LogP) is 3.56. The molecule has 0 unspecified atom stereocenters. The van der Waals surface area contributed by atoms with Crippen LogP contribution in [0.15, 0.2) is 42.5 Å². The van der Waals surface area contributed by atoms with Crippen LogP contribution in [0.3, 0.4) is 0 Å². The lowest BCUT2D eigenvalue weighted by Crippen LogP contribution is -2.18. The zero-order valence-corrected chi connectivity index (χ0v) is 13.2. The minimum atomic E-state index is -0.424. The molecule has 0 bridgehead atoms. The summed E-state index contributed by atoms with van der Waals surface area (Å²) in [6.45, 7) is -0.155. The van der Waals surface area contributed by atoms with E-state index >= 15 is 0 Å². The summed E-state index contributed by atoms with van der Waals surface area (Å²) in [5.41, 5.74) is 2.65. The molecule has 1 aliphatic carbocycles. The molecule has 0 amide bonds. The molecule has 0 saturated heterocycles. The van der Waals surface area contributed by atoms with Gasteiger partial charge in [-0.05, 0) is 61.1 Å². The lowest BCUT2D eigenvalue weighted by Gasteiger charge is -2.16. The number of rotatable bonds is 5. The molecule has 0 aliphatic heterocycles. The standard InChI is InChI=1S/C19H20O4/c1-21-17-8-4-5-9-18(17)22-13-19(20)23-16-11-10-14-6-2-3-7-15(14)12-16/h4-5,8-12H,2-3,6-7,13H2,1H3. The smallest absolute Gasteiger partial charge is 0.349 e. The summed E-state index contributed by atoms with van der Waals surface area (Å²) < 4.78 is 16.0. The molecule has 4 nitrogen and oxygen atoms in total. The van der Waals surface area contributed by atoms with Crippen molar-refractivity contribution in [1.82, 2.24) is 0 Å². The third-order valence-corrected chi connectivity index (χ3v) is 3.97. The number of ether oxygens (including phenoxy) is 3. The Balaban J connectivity index is 1.59. The first-order valence-corrected chi connectivity index (χ1v) is 7.84. The van der Waals surface area contributed by atoms with Crippen LogP contribution in [0.4, 0.5) is 0 Å². The van der Waals surface area contributed by atoms with E-state index in [2.05, 4.69) is 6.07 Å². The van der Waals surface area contributed by atoms with E-state index in [9.17, 15) is 4.79 Å². The van der Waals surface area contributed by atoms with Crippen LogP contribution in [0.1, 0.15) is 24.0 Å². The number of carbonyl (C=O) groups excluding carboxylic acids is 1. The number of para-hydroxylation sites is 2. The fraction of sp³-hybridized carbons (Fsp3) is 0.316. The van der Waals surface area contributed by atoms with E-state index < -0.39 is 5.97 Å². The second kappa shape index (κ2) is 7.18. The van der Waals surface area contributed by atoms with Gasteiger partial charge in [0.05, 0.1) is 7.11 Å². The van der Waals surface area contributed by atoms with E-state index in [0.29, 0.717) is 17.2 Å². The Labute approximate surface area is 136 Å². The lowest BCUT2D eigenvalue weighted by molar-refractivity contribution is -0.136. The normalized spacial score (nSPS) is 13.1. The summed E-state index contributed by atoms with van der Waals surface area (Å²) >= 11 is 0. The van der Waals surface area contributed by atoms with Gasteiger partial charge in [0.2, 0.25) is 0 Å². The van der Waals surface area contributed by atoms with Gasteiger partial charge in [0.25, 0.3) is 0 Å². The van der Waals surface area contributed by atoms with Crippen LogP contribution in [0.5, 0.6) is 17.2 Å². The predicted molar refractivity (Wildman–Crippen MR) is 87.2 cm³/mol. The summed E-state index contributed by atoms with van der Waals surface area (Å²) in [5, 5.41) is 0. The van der Waals surface area contributed by atoms with Crippen molar-refractivity contribution >= 4 is 5.97 Å². The van der Waals surface area contributed by atoms with Crippen molar-refractivity contribution in [1.29, 1.82) is 0 Å². The molecule has 0 N–H and O–H groups in total. The summed E-state index contributed by atoms with van der Waals surface area (Å²) in [4.78, 5) is 12.0. The summed E-state index contributed by atoms with van der Waals surface area (Å²) in [6.07, 6.45) is 4.60. The van der Waals surface area contributed by atoms with Crippen LogP contribution in [0.25, 0.3) is 0 Å². The molecule has 0 aromatic heterocycles. The highest BCUT2D eigenvalue weighted by Crippen LogP contribution is 2.27. The maximum Gasteiger partial charge on any atom is 0.349 e. The average Bonchev–Trinajstić information content (AvgIpc) is 2.60. The van der Waals surface area contributed by atoms with E-state index in [1.165, 1.54) is 24.0 Å². The Morgan fingerprint density at radius 2 is 1.74 bits per heavy atom. The van der Waals surface area contributed by atoms with Crippen molar-refractivity contribution in [3.05, 3.63) is 53.6 Å². The summed E-state index contributed by atoms with van der Waals surface area (Å²) in [5.74, 6) is 1.28. The minimum Gasteiger partial charge on any atom is -0.493 e. The van der Waals surface area contributed by atoms with Crippen molar-refractivity contribution in [2.24, 2.45) is 0 Å². The van der Waals surface area contributed by atoms with Gasteiger partial charge in [0.1, 0.15) is 5.75 Å². The number of carbonyl (C=O) groups is 1. The number of hydrogen-bond acceptors (Lipinski definition) is 4. The second-order valence-corrected chi connectivity index (χ2v) is 5.55. The van der Waals surface area contributed by atoms with Crippen LogP contribution in [0, 0.1) is 0 Å². The quantitative estimate of drug-likeness (QED) is 0.625. The van der Waals surface area contributed by atoms with Crippen molar-refractivity contribution in [3.63, 3.8) is 0 Å². The average molecular weight is 312 g/mol. The maximum atomic E-state index is 12.0. The third kappa shape index (κ3) is 3.83. The molecule has 0 saturated carbocycles. The van der Waals surface area contributed by atoms with Crippen LogP contribution in [0.2, 0.25) is 0 Å². The minimum absolute atomic E-state index is 0.155. The molecule has 1 aliphatic rings. The Kier molecular flexibility index (Phi) is 4.81. The third-order valence-electron chi connectivity index (χ3n) is 3.97. The maximum absolute atomic E-state index is 12.0. The van der Waals surface area contributed by atoms with E-state index in [-0.39, 0.29) is 6.61 Å². The fourth-order valence-electron chi connectivity index (χ4n) is 2.81. The van der Waals surface area contributed by atoms with E-state index in [4.69, 9.17) is 14.2 Å². The molecular formula is C19H20O4. The zero-order chi connectivity index (χ0) is 16.1. The van der Waals surface area contributed by atoms with Gasteiger partial charge in [0, 0.05) is 0 Å². The van der Waals surface area contributed by atoms with Crippen LogP contribution in [-0.4, -0.2) is 19.7 Å². The van der Waals surface area contributed by atoms with Crippen LogP contribution < -0.4 is 14.2 Å². The fourth-order valence-corrected chi connectivity index (χ4v) is 2.81. The Bertz CT molecular complexity index is 694. The molecule has 0 spiro atoms. The first kappa shape index (κ1) is 15.4. The molecule has 0 radical (unpaired) electrons. The molecular weight excluding hydrogens is 292 g/mol. The molecule has 2 aromatic carbocycles. The number of hydrogen-bond donors (Lipinski definition) is 0. The van der Waals surface area contributed by atoms with Crippen LogP contribution in [-0.2, 0) is 17.6 Å². The number of methoxy groups -OCH3 is 1. The SMILES string of the molecule is COc1ccccc1OCC(=O)Oc1ccc2c(c1)CCCC2. The van der Waals surface area contributed by atoms with Gasteiger partial charge in [0.15, 0.2) is 18.1 Å². The first-order chi connectivity index (χ1) is 11.3. The van der Waals surface area contributed by atoms with Crippen molar-refractivity contribution < 1.29 is 19.0 Å². The Morgan fingerprint density at radius 1 is 1.00 bits per heavy atom. The first-order valence-electron chi connectivity index (χ1n) is 7.84. The van der Waals surface area contributed by atoms with E-state index in [1.54, 1.807) is 19.2 Å². The molecule has 4 heteroatoms. The topological polar surface area (TPSA) is 44.8 Å². The van der Waals surface area contributed by atoms with Gasteiger partial charge in [-0.3, -0.25) is 0 Å². The number of fused-ring (bicyclic) bond motifs is 1. The van der Waals surface area contributed by atoms with Gasteiger partial charge in [-0.2, -0.15) is 0 Å².